The molecule has 0 bridgehead atoms. The molecule has 0 aliphatic carbocycles. The summed E-state index contributed by atoms with van der Waals surface area (Å²) in [5.74, 6) is 0. The molecule has 0 aliphatic rings. The Balaban J connectivity index is 2.31. The molecule has 3 nitrogen and oxygen atoms in total. The Kier molecular flexibility index (Phi) is 4.28. The van der Waals surface area contributed by atoms with E-state index >= 15 is 0 Å². The first-order valence-corrected chi connectivity index (χ1v) is 6.43. The molecule has 0 saturated carbocycles. The van der Waals surface area contributed by atoms with Crippen molar-refractivity contribution in [3.63, 3.8) is 0 Å². The first kappa shape index (κ1) is 13.0. The van der Waals surface area contributed by atoms with Gasteiger partial charge in [-0.2, -0.15) is 0 Å². The summed E-state index contributed by atoms with van der Waals surface area (Å²) in [6.07, 6.45) is 1.85. The normalized spacial score (nSPS) is 13.1. The van der Waals surface area contributed by atoms with Crippen LogP contribution in [-0.4, -0.2) is 37.1 Å². The molecule has 1 aromatic carbocycles. The molecule has 1 N–H and O–H groups in total. The number of likely N-dealkylation sites (N-methyl/N-ethyl adjacent to an activating group) is 2. The van der Waals surface area contributed by atoms with Gasteiger partial charge in [-0.15, -0.1) is 0 Å². The maximum Gasteiger partial charge on any atom is 0.0705 e. The van der Waals surface area contributed by atoms with E-state index in [2.05, 4.69) is 60.5 Å². The van der Waals surface area contributed by atoms with Crippen LogP contribution in [0.1, 0.15) is 18.5 Å². The first-order valence-electron chi connectivity index (χ1n) is 6.43. The number of aromatic nitrogens is 1. The number of pyridine rings is 1. The number of fused-ring (bicyclic) bond motifs is 1. The molecule has 96 valence electrons. The highest BCUT2D eigenvalue weighted by molar-refractivity contribution is 5.78. The average molecular weight is 243 g/mol. The zero-order valence-electron chi connectivity index (χ0n) is 11.4. The summed E-state index contributed by atoms with van der Waals surface area (Å²) in [5.41, 5.74) is 2.37. The van der Waals surface area contributed by atoms with Crippen LogP contribution in [0.3, 0.4) is 0 Å². The fourth-order valence-electron chi connectivity index (χ4n) is 2.20. The number of nitrogens with one attached hydrogen (secondary N) is 1. The van der Waals surface area contributed by atoms with Gasteiger partial charge in [-0.1, -0.05) is 25.1 Å². The highest BCUT2D eigenvalue weighted by atomic mass is 15.1. The van der Waals surface area contributed by atoms with Crippen molar-refractivity contribution in [2.45, 2.75) is 13.0 Å². The predicted molar refractivity (Wildman–Crippen MR) is 76.7 cm³/mol. The van der Waals surface area contributed by atoms with E-state index in [0.717, 1.165) is 18.6 Å². The van der Waals surface area contributed by atoms with Crippen LogP contribution in [0.25, 0.3) is 10.9 Å². The summed E-state index contributed by atoms with van der Waals surface area (Å²) in [4.78, 5) is 6.63. The van der Waals surface area contributed by atoms with Gasteiger partial charge in [0.05, 0.1) is 5.52 Å². The number of hydrogen-bond donors (Lipinski definition) is 1. The summed E-state index contributed by atoms with van der Waals surface area (Å²) in [5, 5.41) is 4.72. The Bertz CT molecular complexity index is 508. The van der Waals surface area contributed by atoms with E-state index in [1.807, 2.05) is 12.3 Å². The van der Waals surface area contributed by atoms with Gasteiger partial charge in [0.2, 0.25) is 0 Å². The smallest absolute Gasteiger partial charge is 0.0705 e. The van der Waals surface area contributed by atoms with E-state index in [-0.39, 0.29) is 0 Å². The van der Waals surface area contributed by atoms with Crippen molar-refractivity contribution < 1.29 is 0 Å². The second kappa shape index (κ2) is 5.94. The largest absolute Gasteiger partial charge is 0.309 e. The van der Waals surface area contributed by atoms with Gasteiger partial charge < -0.3 is 10.2 Å². The van der Waals surface area contributed by atoms with Gasteiger partial charge in [0, 0.05) is 24.2 Å². The van der Waals surface area contributed by atoms with Gasteiger partial charge in [0.15, 0.2) is 0 Å². The van der Waals surface area contributed by atoms with E-state index in [1.54, 1.807) is 0 Å². The van der Waals surface area contributed by atoms with Gasteiger partial charge in [0.25, 0.3) is 0 Å². The molecule has 0 aliphatic heterocycles. The minimum Gasteiger partial charge on any atom is -0.309 e. The van der Waals surface area contributed by atoms with Gasteiger partial charge in [0.1, 0.15) is 0 Å². The molecule has 18 heavy (non-hydrogen) atoms. The first-order chi connectivity index (χ1) is 8.70. The standard InChI is InChI=1S/C15H21N3/c1-4-16-15(11-18(2)3)13-8-7-12-6-5-9-17-14(12)10-13/h5-10,15-16H,4,11H2,1-3H3. The molecule has 1 atom stereocenters. The van der Waals surface area contributed by atoms with E-state index < -0.39 is 0 Å². The Morgan fingerprint density at radius 1 is 1.28 bits per heavy atom. The van der Waals surface area contributed by atoms with Crippen molar-refractivity contribution in [2.24, 2.45) is 0 Å². The van der Waals surface area contributed by atoms with Crippen LogP contribution in [0.4, 0.5) is 0 Å². The van der Waals surface area contributed by atoms with E-state index in [0.29, 0.717) is 6.04 Å². The zero-order chi connectivity index (χ0) is 13.0. The van der Waals surface area contributed by atoms with Crippen LogP contribution in [0, 0.1) is 0 Å². The van der Waals surface area contributed by atoms with Crippen LogP contribution in [0.2, 0.25) is 0 Å². The number of nitrogens with zero attached hydrogens (tertiary/aromatic N) is 2. The topological polar surface area (TPSA) is 28.2 Å². The van der Waals surface area contributed by atoms with Crippen LogP contribution in [0.15, 0.2) is 36.5 Å². The Morgan fingerprint density at radius 2 is 2.11 bits per heavy atom. The zero-order valence-corrected chi connectivity index (χ0v) is 11.4. The van der Waals surface area contributed by atoms with Crippen molar-refractivity contribution in [3.05, 3.63) is 42.1 Å². The van der Waals surface area contributed by atoms with Crippen molar-refractivity contribution in [3.8, 4) is 0 Å². The summed E-state index contributed by atoms with van der Waals surface area (Å²) in [6, 6.07) is 11.0. The molecule has 2 aromatic rings. The maximum absolute atomic E-state index is 4.42. The predicted octanol–water partition coefficient (Wildman–Crippen LogP) is 2.45. The number of hydrogen-bond acceptors (Lipinski definition) is 3. The van der Waals surface area contributed by atoms with E-state index in [1.165, 1.54) is 10.9 Å². The Morgan fingerprint density at radius 3 is 2.83 bits per heavy atom. The lowest BCUT2D eigenvalue weighted by Crippen LogP contribution is -2.31. The van der Waals surface area contributed by atoms with Crippen molar-refractivity contribution in [1.82, 2.24) is 15.2 Å². The summed E-state index contributed by atoms with van der Waals surface area (Å²) >= 11 is 0. The van der Waals surface area contributed by atoms with Crippen LogP contribution < -0.4 is 5.32 Å². The van der Waals surface area contributed by atoms with Gasteiger partial charge >= 0.3 is 0 Å². The van der Waals surface area contributed by atoms with Crippen LogP contribution >= 0.6 is 0 Å². The molecule has 0 saturated heterocycles. The molecule has 0 amide bonds. The van der Waals surface area contributed by atoms with Gasteiger partial charge in [-0.3, -0.25) is 4.98 Å². The monoisotopic (exact) mass is 243 g/mol. The molecule has 0 spiro atoms. The van der Waals surface area contributed by atoms with Crippen molar-refractivity contribution >= 4 is 10.9 Å². The molecule has 3 heteroatoms. The molecular weight excluding hydrogens is 222 g/mol. The third-order valence-electron chi connectivity index (χ3n) is 3.03. The number of rotatable bonds is 5. The second-order valence-electron chi connectivity index (χ2n) is 4.83. The lowest BCUT2D eigenvalue weighted by Gasteiger charge is -2.22. The summed E-state index contributed by atoms with van der Waals surface area (Å²) in [6.45, 7) is 4.10. The minimum absolute atomic E-state index is 0.358. The van der Waals surface area contributed by atoms with E-state index in [9.17, 15) is 0 Å². The Hall–Kier alpha value is -1.45. The van der Waals surface area contributed by atoms with E-state index in [4.69, 9.17) is 0 Å². The lowest BCUT2D eigenvalue weighted by atomic mass is 10.0. The molecule has 0 radical (unpaired) electrons. The molecule has 2 rings (SSSR count). The maximum atomic E-state index is 4.42. The van der Waals surface area contributed by atoms with Gasteiger partial charge in [-0.25, -0.2) is 0 Å². The van der Waals surface area contributed by atoms with Crippen molar-refractivity contribution in [1.29, 1.82) is 0 Å². The molecular formula is C15H21N3. The third kappa shape index (κ3) is 3.06. The lowest BCUT2D eigenvalue weighted by molar-refractivity contribution is 0.345. The fourth-order valence-corrected chi connectivity index (χ4v) is 2.20. The van der Waals surface area contributed by atoms with Crippen molar-refractivity contribution in [2.75, 3.05) is 27.2 Å². The molecule has 0 fully saturated rings. The highest BCUT2D eigenvalue weighted by Gasteiger charge is 2.11. The minimum atomic E-state index is 0.358. The Labute approximate surface area is 109 Å². The fraction of sp³-hybridized carbons (Fsp3) is 0.400. The van der Waals surface area contributed by atoms with Gasteiger partial charge in [-0.05, 0) is 38.3 Å². The summed E-state index contributed by atoms with van der Waals surface area (Å²) < 4.78 is 0. The second-order valence-corrected chi connectivity index (χ2v) is 4.83. The molecule has 1 unspecified atom stereocenters. The highest BCUT2D eigenvalue weighted by Crippen LogP contribution is 2.19. The quantitative estimate of drug-likeness (QED) is 0.874. The SMILES string of the molecule is CCNC(CN(C)C)c1ccc2cccnc2c1. The molecule has 1 aromatic heterocycles. The average Bonchev–Trinajstić information content (AvgIpc) is 2.37. The number of benzene rings is 1. The third-order valence-corrected chi connectivity index (χ3v) is 3.03. The molecule has 1 heterocycles. The van der Waals surface area contributed by atoms with Crippen LogP contribution in [-0.2, 0) is 0 Å². The summed E-state index contributed by atoms with van der Waals surface area (Å²) in [7, 11) is 4.20. The van der Waals surface area contributed by atoms with Crippen LogP contribution in [0.5, 0.6) is 0 Å².